The molecule has 0 saturated heterocycles. The summed E-state index contributed by atoms with van der Waals surface area (Å²) < 4.78 is 3.27. The van der Waals surface area contributed by atoms with E-state index < -0.39 is 0 Å². The number of hydrogen-bond donors (Lipinski definition) is 0. The molecule has 0 fully saturated rings. The van der Waals surface area contributed by atoms with Crippen LogP contribution in [0.25, 0.3) is 10.9 Å². The summed E-state index contributed by atoms with van der Waals surface area (Å²) in [5.41, 5.74) is 2.88. The van der Waals surface area contributed by atoms with Gasteiger partial charge in [-0.25, -0.2) is 0 Å². The van der Waals surface area contributed by atoms with Gasteiger partial charge in [-0.2, -0.15) is 0 Å². The molecular formula is C16H11ClINO. The van der Waals surface area contributed by atoms with E-state index in [0.29, 0.717) is 10.6 Å². The SMILES string of the molecule is O=Cc1cn(Cc2ccc(I)cc2)c2cc(Cl)ccc12. The van der Waals surface area contributed by atoms with Crippen molar-refractivity contribution in [1.82, 2.24) is 4.57 Å². The Bertz CT molecular complexity index is 777. The predicted octanol–water partition coefficient (Wildman–Crippen LogP) is 4.76. The summed E-state index contributed by atoms with van der Waals surface area (Å²) in [6.45, 7) is 0.724. The third-order valence-corrected chi connectivity index (χ3v) is 4.22. The minimum Gasteiger partial charge on any atom is -0.342 e. The molecule has 3 aromatic rings. The van der Waals surface area contributed by atoms with Crippen LogP contribution in [-0.2, 0) is 6.54 Å². The van der Waals surface area contributed by atoms with Crippen molar-refractivity contribution in [3.8, 4) is 0 Å². The van der Waals surface area contributed by atoms with Gasteiger partial charge in [0.15, 0.2) is 6.29 Å². The van der Waals surface area contributed by atoms with Gasteiger partial charge in [-0.1, -0.05) is 29.8 Å². The van der Waals surface area contributed by atoms with Crippen molar-refractivity contribution in [2.45, 2.75) is 6.54 Å². The number of aldehydes is 1. The molecule has 0 spiro atoms. The zero-order valence-corrected chi connectivity index (χ0v) is 13.4. The van der Waals surface area contributed by atoms with Crippen molar-refractivity contribution >= 4 is 51.4 Å². The fraction of sp³-hybridized carbons (Fsp3) is 0.0625. The van der Waals surface area contributed by atoms with Crippen LogP contribution in [0.3, 0.4) is 0 Å². The summed E-state index contributed by atoms with van der Waals surface area (Å²) in [5.74, 6) is 0. The third kappa shape index (κ3) is 2.60. The summed E-state index contributed by atoms with van der Waals surface area (Å²) in [6.07, 6.45) is 2.77. The standard InChI is InChI=1S/C16H11ClINO/c17-13-3-6-15-12(10-20)9-19(16(15)7-13)8-11-1-4-14(18)5-2-11/h1-7,9-10H,8H2. The number of nitrogens with zero attached hydrogens (tertiary/aromatic N) is 1. The Morgan fingerprint density at radius 3 is 2.60 bits per heavy atom. The lowest BCUT2D eigenvalue weighted by Gasteiger charge is -2.06. The van der Waals surface area contributed by atoms with Gasteiger partial charge in [0, 0.05) is 32.3 Å². The van der Waals surface area contributed by atoms with Crippen molar-refractivity contribution in [3.63, 3.8) is 0 Å². The van der Waals surface area contributed by atoms with Crippen molar-refractivity contribution in [1.29, 1.82) is 0 Å². The molecule has 4 heteroatoms. The van der Waals surface area contributed by atoms with E-state index in [1.54, 1.807) is 0 Å². The highest BCUT2D eigenvalue weighted by Crippen LogP contribution is 2.24. The van der Waals surface area contributed by atoms with Crippen molar-refractivity contribution < 1.29 is 4.79 Å². The van der Waals surface area contributed by atoms with Crippen LogP contribution >= 0.6 is 34.2 Å². The maximum absolute atomic E-state index is 11.2. The van der Waals surface area contributed by atoms with Crippen LogP contribution in [0.2, 0.25) is 5.02 Å². The summed E-state index contributed by atoms with van der Waals surface area (Å²) >= 11 is 8.35. The van der Waals surface area contributed by atoms with E-state index in [-0.39, 0.29) is 0 Å². The maximum atomic E-state index is 11.2. The monoisotopic (exact) mass is 395 g/mol. The smallest absolute Gasteiger partial charge is 0.152 e. The Balaban J connectivity index is 2.08. The molecule has 0 atom stereocenters. The fourth-order valence-electron chi connectivity index (χ4n) is 2.30. The zero-order chi connectivity index (χ0) is 14.1. The second-order valence-electron chi connectivity index (χ2n) is 4.62. The first-order valence-corrected chi connectivity index (χ1v) is 7.61. The molecule has 0 radical (unpaired) electrons. The number of carbonyl (C=O) groups is 1. The highest BCUT2D eigenvalue weighted by atomic mass is 127. The average molecular weight is 396 g/mol. The van der Waals surface area contributed by atoms with Gasteiger partial charge in [0.1, 0.15) is 0 Å². The summed E-state index contributed by atoms with van der Waals surface area (Å²) in [4.78, 5) is 11.2. The Morgan fingerprint density at radius 1 is 1.15 bits per heavy atom. The van der Waals surface area contributed by atoms with Crippen LogP contribution in [0, 0.1) is 3.57 Å². The molecular weight excluding hydrogens is 385 g/mol. The summed E-state index contributed by atoms with van der Waals surface area (Å²) in [6, 6.07) is 14.0. The van der Waals surface area contributed by atoms with Gasteiger partial charge in [0.25, 0.3) is 0 Å². The van der Waals surface area contributed by atoms with Gasteiger partial charge in [0.2, 0.25) is 0 Å². The van der Waals surface area contributed by atoms with Crippen LogP contribution in [-0.4, -0.2) is 10.9 Å². The molecule has 2 nitrogen and oxygen atoms in total. The number of aromatic nitrogens is 1. The van der Waals surface area contributed by atoms with Gasteiger partial charge >= 0.3 is 0 Å². The molecule has 100 valence electrons. The second-order valence-corrected chi connectivity index (χ2v) is 6.30. The highest BCUT2D eigenvalue weighted by Gasteiger charge is 2.08. The zero-order valence-electron chi connectivity index (χ0n) is 10.5. The van der Waals surface area contributed by atoms with Crippen molar-refractivity contribution in [3.05, 3.63) is 68.4 Å². The fourth-order valence-corrected chi connectivity index (χ4v) is 2.83. The molecule has 0 unspecified atom stereocenters. The highest BCUT2D eigenvalue weighted by molar-refractivity contribution is 14.1. The number of fused-ring (bicyclic) bond motifs is 1. The molecule has 3 rings (SSSR count). The molecule has 0 aliphatic rings. The van der Waals surface area contributed by atoms with Crippen LogP contribution in [0.1, 0.15) is 15.9 Å². The van der Waals surface area contributed by atoms with E-state index in [2.05, 4.69) is 51.4 Å². The van der Waals surface area contributed by atoms with E-state index >= 15 is 0 Å². The van der Waals surface area contributed by atoms with Crippen LogP contribution in [0.4, 0.5) is 0 Å². The molecule has 1 heterocycles. The Morgan fingerprint density at radius 2 is 1.90 bits per heavy atom. The molecule has 0 aliphatic heterocycles. The van der Waals surface area contributed by atoms with Crippen molar-refractivity contribution in [2.24, 2.45) is 0 Å². The molecule has 0 N–H and O–H groups in total. The van der Waals surface area contributed by atoms with Crippen molar-refractivity contribution in [2.75, 3.05) is 0 Å². The number of benzene rings is 2. The van der Waals surface area contributed by atoms with E-state index in [4.69, 9.17) is 11.6 Å². The summed E-state index contributed by atoms with van der Waals surface area (Å²) in [7, 11) is 0. The molecule has 1 aromatic heterocycles. The topological polar surface area (TPSA) is 22.0 Å². The molecule has 0 aliphatic carbocycles. The minimum absolute atomic E-state index is 0.678. The quantitative estimate of drug-likeness (QED) is 0.463. The Kier molecular flexibility index (Phi) is 3.81. The van der Waals surface area contributed by atoms with Crippen LogP contribution in [0.15, 0.2) is 48.7 Å². The molecule has 0 bridgehead atoms. The van der Waals surface area contributed by atoms with Gasteiger partial charge in [-0.05, 0) is 52.4 Å². The minimum atomic E-state index is 0.678. The first-order chi connectivity index (χ1) is 9.67. The van der Waals surface area contributed by atoms with Crippen LogP contribution in [0.5, 0.6) is 0 Å². The Hall–Kier alpha value is -1.33. The van der Waals surface area contributed by atoms with Crippen LogP contribution < -0.4 is 0 Å². The van der Waals surface area contributed by atoms with E-state index in [0.717, 1.165) is 23.7 Å². The lowest BCUT2D eigenvalue weighted by atomic mass is 10.2. The van der Waals surface area contributed by atoms with E-state index in [1.165, 1.54) is 9.13 Å². The number of halogens is 2. The second kappa shape index (κ2) is 5.58. The lowest BCUT2D eigenvalue weighted by molar-refractivity contribution is 0.112. The average Bonchev–Trinajstić information content (AvgIpc) is 2.79. The normalized spacial score (nSPS) is 10.9. The predicted molar refractivity (Wildman–Crippen MR) is 90.6 cm³/mol. The first kappa shape index (κ1) is 13.6. The largest absolute Gasteiger partial charge is 0.342 e. The first-order valence-electron chi connectivity index (χ1n) is 6.15. The lowest BCUT2D eigenvalue weighted by Crippen LogP contribution is -1.97. The van der Waals surface area contributed by atoms with E-state index in [9.17, 15) is 4.79 Å². The Labute approximate surface area is 135 Å². The maximum Gasteiger partial charge on any atom is 0.152 e. The van der Waals surface area contributed by atoms with Gasteiger partial charge in [-0.3, -0.25) is 4.79 Å². The molecule has 2 aromatic carbocycles. The number of rotatable bonds is 3. The molecule has 20 heavy (non-hydrogen) atoms. The van der Waals surface area contributed by atoms with Gasteiger partial charge in [0.05, 0.1) is 5.52 Å². The van der Waals surface area contributed by atoms with Gasteiger partial charge < -0.3 is 4.57 Å². The van der Waals surface area contributed by atoms with Gasteiger partial charge in [-0.15, -0.1) is 0 Å². The molecule has 0 saturated carbocycles. The molecule has 0 amide bonds. The number of carbonyl (C=O) groups excluding carboxylic acids is 1. The van der Waals surface area contributed by atoms with E-state index in [1.807, 2.05) is 24.4 Å². The third-order valence-electron chi connectivity index (χ3n) is 3.27. The number of hydrogen-bond acceptors (Lipinski definition) is 1. The summed E-state index contributed by atoms with van der Waals surface area (Å²) in [5, 5.41) is 1.62.